The minimum atomic E-state index is -0.566. The second-order valence-electron chi connectivity index (χ2n) is 2.87. The van der Waals surface area contributed by atoms with Crippen molar-refractivity contribution in [2.45, 2.75) is 0 Å². The molecule has 2 aromatic rings. The second kappa shape index (κ2) is 3.66. The normalized spacial score (nSPS) is 10.1. The monoisotopic (exact) mass is 221 g/mol. The fraction of sp³-hybridized carbons (Fsp3) is 0. The Morgan fingerprint density at radius 1 is 1.47 bits per heavy atom. The molecular weight excluding hydrogens is 214 g/mol. The summed E-state index contributed by atoms with van der Waals surface area (Å²) in [6, 6.07) is 6.42. The van der Waals surface area contributed by atoms with Crippen molar-refractivity contribution < 1.29 is 9.90 Å². The van der Waals surface area contributed by atoms with Crippen molar-refractivity contribution in [2.24, 2.45) is 5.73 Å². The number of hydrogen-bond acceptors (Lipinski definition) is 5. The lowest BCUT2D eigenvalue weighted by Crippen LogP contribution is -2.10. The lowest BCUT2D eigenvalue weighted by molar-refractivity contribution is 0.100. The smallest absolute Gasteiger partial charge is 0.262 e. The summed E-state index contributed by atoms with van der Waals surface area (Å²) < 4.78 is 3.66. The highest BCUT2D eigenvalue weighted by atomic mass is 32.1. The Balaban J connectivity index is 2.54. The zero-order valence-corrected chi connectivity index (χ0v) is 8.36. The van der Waals surface area contributed by atoms with E-state index in [2.05, 4.69) is 9.59 Å². The van der Waals surface area contributed by atoms with E-state index in [4.69, 9.17) is 5.73 Å². The largest absolute Gasteiger partial charge is 0.508 e. The van der Waals surface area contributed by atoms with Gasteiger partial charge in [0.25, 0.3) is 5.91 Å². The Kier molecular flexibility index (Phi) is 2.34. The van der Waals surface area contributed by atoms with E-state index in [-0.39, 0.29) is 5.75 Å². The van der Waals surface area contributed by atoms with Crippen LogP contribution in [0, 0.1) is 0 Å². The van der Waals surface area contributed by atoms with E-state index >= 15 is 0 Å². The maximum Gasteiger partial charge on any atom is 0.262 e. The average Bonchev–Trinajstić information content (AvgIpc) is 2.65. The number of nitrogens with zero attached hydrogens (tertiary/aromatic N) is 2. The van der Waals surface area contributed by atoms with Crippen LogP contribution in [0.4, 0.5) is 0 Å². The maximum atomic E-state index is 11.0. The third kappa shape index (κ3) is 1.79. The van der Waals surface area contributed by atoms with Crippen molar-refractivity contribution in [2.75, 3.05) is 0 Å². The van der Waals surface area contributed by atoms with Gasteiger partial charge in [0, 0.05) is 5.56 Å². The Hall–Kier alpha value is -1.95. The predicted octanol–water partition coefficient (Wildman–Crippen LogP) is 1.01. The number of amides is 1. The molecule has 1 aromatic heterocycles. The molecule has 0 fully saturated rings. The summed E-state index contributed by atoms with van der Waals surface area (Å²) in [5.74, 6) is -0.459. The molecule has 0 aliphatic carbocycles. The summed E-state index contributed by atoms with van der Waals surface area (Å²) in [4.78, 5) is 11.3. The molecule has 1 aromatic carbocycles. The number of benzene rings is 1. The Morgan fingerprint density at radius 3 is 2.93 bits per heavy atom. The quantitative estimate of drug-likeness (QED) is 0.792. The van der Waals surface area contributed by atoms with Gasteiger partial charge in [0.2, 0.25) is 0 Å². The first kappa shape index (κ1) is 9.60. The van der Waals surface area contributed by atoms with Crippen LogP contribution in [-0.4, -0.2) is 20.6 Å². The molecule has 0 radical (unpaired) electrons. The molecule has 6 heteroatoms. The number of primary amides is 1. The van der Waals surface area contributed by atoms with Crippen molar-refractivity contribution >= 4 is 17.4 Å². The predicted molar refractivity (Wildman–Crippen MR) is 55.5 cm³/mol. The van der Waals surface area contributed by atoms with Crippen molar-refractivity contribution in [1.82, 2.24) is 9.59 Å². The minimum absolute atomic E-state index is 0.107. The third-order valence-electron chi connectivity index (χ3n) is 1.83. The molecule has 15 heavy (non-hydrogen) atoms. The first-order valence-corrected chi connectivity index (χ1v) is 4.87. The molecular formula is C9H7N3O2S. The third-order valence-corrected chi connectivity index (χ3v) is 2.57. The molecule has 0 spiro atoms. The number of rotatable bonds is 2. The average molecular weight is 221 g/mol. The van der Waals surface area contributed by atoms with E-state index in [0.29, 0.717) is 16.1 Å². The van der Waals surface area contributed by atoms with Crippen LogP contribution < -0.4 is 5.73 Å². The Morgan fingerprint density at radius 2 is 2.27 bits per heavy atom. The van der Waals surface area contributed by atoms with Crippen LogP contribution >= 0.6 is 11.5 Å². The lowest BCUT2D eigenvalue weighted by atomic mass is 10.1. The van der Waals surface area contributed by atoms with Crippen LogP contribution in [-0.2, 0) is 0 Å². The number of phenolic OH excluding ortho intramolecular Hbond substituents is 1. The van der Waals surface area contributed by atoms with Gasteiger partial charge in [0.05, 0.1) is 0 Å². The highest BCUT2D eigenvalue weighted by Gasteiger charge is 2.14. The van der Waals surface area contributed by atoms with Gasteiger partial charge >= 0.3 is 0 Å². The van der Waals surface area contributed by atoms with E-state index in [0.717, 1.165) is 11.5 Å². The van der Waals surface area contributed by atoms with E-state index in [1.165, 1.54) is 12.1 Å². The zero-order chi connectivity index (χ0) is 10.8. The molecule has 1 heterocycles. The topological polar surface area (TPSA) is 89.1 Å². The van der Waals surface area contributed by atoms with Crippen molar-refractivity contribution in [3.63, 3.8) is 0 Å². The number of carbonyl (C=O) groups is 1. The number of carbonyl (C=O) groups excluding carboxylic acids is 1. The van der Waals surface area contributed by atoms with Crippen LogP contribution in [0.15, 0.2) is 24.3 Å². The molecule has 3 N–H and O–H groups in total. The highest BCUT2D eigenvalue weighted by molar-refractivity contribution is 7.08. The molecule has 5 nitrogen and oxygen atoms in total. The molecule has 1 amide bonds. The summed E-state index contributed by atoms with van der Waals surface area (Å²) in [7, 11) is 0. The summed E-state index contributed by atoms with van der Waals surface area (Å²) in [6.45, 7) is 0. The van der Waals surface area contributed by atoms with Crippen LogP contribution in [0.1, 0.15) is 9.67 Å². The fourth-order valence-corrected chi connectivity index (χ4v) is 1.73. The molecule has 76 valence electrons. The minimum Gasteiger partial charge on any atom is -0.508 e. The van der Waals surface area contributed by atoms with Gasteiger partial charge in [0.1, 0.15) is 16.3 Å². The summed E-state index contributed by atoms with van der Waals surface area (Å²) in [5.41, 5.74) is 6.19. The van der Waals surface area contributed by atoms with Gasteiger partial charge in [-0.05, 0) is 23.7 Å². The molecule has 2 rings (SSSR count). The SMILES string of the molecule is NC(=O)c1snnc1-c1cccc(O)c1. The van der Waals surface area contributed by atoms with Gasteiger partial charge in [-0.1, -0.05) is 16.6 Å². The highest BCUT2D eigenvalue weighted by Crippen LogP contribution is 2.25. The molecule has 0 saturated heterocycles. The van der Waals surface area contributed by atoms with Gasteiger partial charge in [-0.15, -0.1) is 5.10 Å². The molecule has 0 aliphatic rings. The number of aromatic hydroxyl groups is 1. The molecule has 0 bridgehead atoms. The van der Waals surface area contributed by atoms with E-state index in [1.807, 2.05) is 0 Å². The van der Waals surface area contributed by atoms with Crippen LogP contribution in [0.25, 0.3) is 11.3 Å². The lowest BCUT2D eigenvalue weighted by Gasteiger charge is -1.98. The standard InChI is InChI=1S/C9H7N3O2S/c10-9(14)8-7(11-12-15-8)5-2-1-3-6(13)4-5/h1-4,13H,(H2,10,14). The van der Waals surface area contributed by atoms with Gasteiger partial charge in [-0.3, -0.25) is 4.79 Å². The van der Waals surface area contributed by atoms with Crippen LogP contribution in [0.3, 0.4) is 0 Å². The van der Waals surface area contributed by atoms with Gasteiger partial charge in [-0.25, -0.2) is 0 Å². The van der Waals surface area contributed by atoms with Crippen molar-refractivity contribution in [3.05, 3.63) is 29.1 Å². The fourth-order valence-electron chi connectivity index (χ4n) is 1.19. The van der Waals surface area contributed by atoms with Gasteiger partial charge < -0.3 is 10.8 Å². The first-order chi connectivity index (χ1) is 7.18. The first-order valence-electron chi connectivity index (χ1n) is 4.10. The molecule has 0 atom stereocenters. The van der Waals surface area contributed by atoms with E-state index in [9.17, 15) is 9.90 Å². The summed E-state index contributed by atoms with van der Waals surface area (Å²) in [6.07, 6.45) is 0. The Bertz CT molecular complexity index is 510. The van der Waals surface area contributed by atoms with Gasteiger partial charge in [-0.2, -0.15) is 0 Å². The number of aromatic nitrogens is 2. The van der Waals surface area contributed by atoms with E-state index < -0.39 is 5.91 Å². The Labute approximate surface area is 89.3 Å². The number of hydrogen-bond donors (Lipinski definition) is 2. The van der Waals surface area contributed by atoms with Gasteiger partial charge in [0.15, 0.2) is 0 Å². The summed E-state index contributed by atoms with van der Waals surface area (Å²) >= 11 is 0.941. The molecule has 0 unspecified atom stereocenters. The van der Waals surface area contributed by atoms with E-state index in [1.54, 1.807) is 12.1 Å². The van der Waals surface area contributed by atoms with Crippen molar-refractivity contribution in [1.29, 1.82) is 0 Å². The number of nitrogens with two attached hydrogens (primary N) is 1. The zero-order valence-electron chi connectivity index (χ0n) is 7.54. The molecule has 0 saturated carbocycles. The molecule has 0 aliphatic heterocycles. The second-order valence-corrected chi connectivity index (χ2v) is 3.62. The number of phenols is 1. The van der Waals surface area contributed by atoms with Crippen molar-refractivity contribution in [3.8, 4) is 17.0 Å². The summed E-state index contributed by atoms with van der Waals surface area (Å²) in [5, 5.41) is 13.1. The van der Waals surface area contributed by atoms with Crippen LogP contribution in [0.5, 0.6) is 5.75 Å². The maximum absolute atomic E-state index is 11.0. The van der Waals surface area contributed by atoms with Crippen LogP contribution in [0.2, 0.25) is 0 Å².